The van der Waals surface area contributed by atoms with Crippen molar-refractivity contribution in [3.05, 3.63) is 102 Å². The smallest absolute Gasteiger partial charge is 0.229 e. The van der Waals surface area contributed by atoms with Crippen molar-refractivity contribution in [3.8, 4) is 5.75 Å². The van der Waals surface area contributed by atoms with Crippen LogP contribution in [0.3, 0.4) is 0 Å². The molecule has 1 N–H and O–H groups in total. The highest BCUT2D eigenvalue weighted by Gasteiger charge is 2.20. The maximum atomic E-state index is 6.08. The lowest BCUT2D eigenvalue weighted by molar-refractivity contribution is 0.249. The molecule has 38 heavy (non-hydrogen) atoms. The fraction of sp³-hybridized carbons (Fsp3) is 0.290. The molecule has 1 fully saturated rings. The minimum Gasteiger partial charge on any atom is -0.489 e. The van der Waals surface area contributed by atoms with Crippen LogP contribution >= 0.6 is 0 Å². The fourth-order valence-corrected chi connectivity index (χ4v) is 4.52. The van der Waals surface area contributed by atoms with E-state index in [1.807, 2.05) is 55.4 Å². The van der Waals surface area contributed by atoms with E-state index in [9.17, 15) is 0 Å². The summed E-state index contributed by atoms with van der Waals surface area (Å²) in [5.74, 6) is 3.22. The van der Waals surface area contributed by atoms with E-state index >= 15 is 0 Å². The molecule has 0 saturated carbocycles. The number of nitrogens with zero attached hydrogens (tertiary/aromatic N) is 5. The number of rotatable bonds is 9. The molecular weight excluding hydrogens is 472 g/mol. The van der Waals surface area contributed by atoms with Crippen LogP contribution in [0.25, 0.3) is 0 Å². The van der Waals surface area contributed by atoms with Crippen molar-refractivity contribution < 1.29 is 4.74 Å². The van der Waals surface area contributed by atoms with Crippen LogP contribution in [0.2, 0.25) is 0 Å². The Morgan fingerprint density at radius 3 is 2.55 bits per heavy atom. The van der Waals surface area contributed by atoms with E-state index < -0.39 is 0 Å². The Labute approximate surface area is 225 Å². The number of aromatic nitrogens is 2. The van der Waals surface area contributed by atoms with Crippen LogP contribution in [0, 0.1) is 0 Å². The lowest BCUT2D eigenvalue weighted by Gasteiger charge is -2.35. The zero-order valence-electron chi connectivity index (χ0n) is 22.3. The number of piperazine rings is 1. The number of benzene rings is 2. The molecule has 1 aromatic heterocycles. The molecule has 0 spiro atoms. The molecule has 2 heterocycles. The Hall–Kier alpha value is -4.10. The second-order valence-electron chi connectivity index (χ2n) is 9.84. The highest BCUT2D eigenvalue weighted by molar-refractivity contribution is 5.63. The van der Waals surface area contributed by atoms with Gasteiger partial charge in [-0.05, 0) is 29.7 Å². The van der Waals surface area contributed by atoms with Crippen molar-refractivity contribution in [2.24, 2.45) is 0 Å². The second kappa shape index (κ2) is 12.4. The number of anilines is 4. The molecule has 2 aromatic carbocycles. The van der Waals surface area contributed by atoms with Gasteiger partial charge in [0.25, 0.3) is 0 Å². The zero-order valence-corrected chi connectivity index (χ0v) is 22.3. The first kappa shape index (κ1) is 25.5. The summed E-state index contributed by atoms with van der Waals surface area (Å²) in [6.07, 6.45) is 11.3. The maximum absolute atomic E-state index is 6.08. The van der Waals surface area contributed by atoms with Gasteiger partial charge >= 0.3 is 0 Å². The summed E-state index contributed by atoms with van der Waals surface area (Å²) in [5.41, 5.74) is 3.52. The lowest BCUT2D eigenvalue weighted by Crippen LogP contribution is -2.46. The first-order valence-corrected chi connectivity index (χ1v) is 13.2. The van der Waals surface area contributed by atoms with E-state index in [0.717, 1.165) is 68.2 Å². The third-order valence-electron chi connectivity index (χ3n) is 6.66. The summed E-state index contributed by atoms with van der Waals surface area (Å²) in [4.78, 5) is 16.5. The van der Waals surface area contributed by atoms with Gasteiger partial charge in [0.05, 0.1) is 0 Å². The number of ether oxygens (including phenoxy) is 1. The highest BCUT2D eigenvalue weighted by Crippen LogP contribution is 2.26. The summed E-state index contributed by atoms with van der Waals surface area (Å²) in [5, 5.41) is 3.48. The molecule has 1 aliphatic carbocycles. The second-order valence-corrected chi connectivity index (χ2v) is 9.84. The zero-order chi connectivity index (χ0) is 26.2. The van der Waals surface area contributed by atoms with E-state index in [1.54, 1.807) is 0 Å². The number of nitrogens with one attached hydrogen (secondary N) is 1. The summed E-state index contributed by atoms with van der Waals surface area (Å²) in [6.45, 7) is 5.29. The van der Waals surface area contributed by atoms with Crippen molar-refractivity contribution >= 4 is 23.3 Å². The molecule has 196 valence electrons. The summed E-state index contributed by atoms with van der Waals surface area (Å²) in [6, 6.07) is 20.7. The molecule has 0 bridgehead atoms. The first-order valence-electron chi connectivity index (χ1n) is 13.2. The van der Waals surface area contributed by atoms with Crippen molar-refractivity contribution in [1.82, 2.24) is 14.9 Å². The lowest BCUT2D eigenvalue weighted by atomic mass is 10.2. The molecule has 7 nitrogen and oxygen atoms in total. The van der Waals surface area contributed by atoms with Gasteiger partial charge in [-0.3, -0.25) is 4.90 Å². The number of hydrogen-bond acceptors (Lipinski definition) is 7. The Morgan fingerprint density at radius 2 is 1.74 bits per heavy atom. The molecular formula is C31H36N6O. The van der Waals surface area contributed by atoms with Crippen LogP contribution in [0.15, 0.2) is 96.6 Å². The van der Waals surface area contributed by atoms with Crippen LogP contribution in [-0.4, -0.2) is 61.7 Å². The van der Waals surface area contributed by atoms with Gasteiger partial charge in [0.15, 0.2) is 0 Å². The first-order chi connectivity index (χ1) is 18.6. The standard InChI is InChI=1S/C31H36N6O/c1-35(2)30-22-29(32-27-15-10-16-28(21-27)38-24-26-13-6-3-4-7-14-26)33-31(34-30)37-19-17-36(18-20-37)23-25-11-8-5-9-12-25/h3-13,15-16,21-22H,14,17-20,23-24H2,1-2H3,(H,32,33,34). The summed E-state index contributed by atoms with van der Waals surface area (Å²) in [7, 11) is 4.02. The SMILES string of the molecule is CN(C)c1cc(Nc2cccc(OCC3=CC=CC=CC3)c2)nc(N2CCN(Cc3ccccc3)CC2)n1. The van der Waals surface area contributed by atoms with E-state index in [2.05, 4.69) is 69.8 Å². The molecule has 0 atom stereocenters. The van der Waals surface area contributed by atoms with Gasteiger partial charge < -0.3 is 19.9 Å². The molecule has 5 rings (SSSR count). The number of hydrogen-bond donors (Lipinski definition) is 1. The monoisotopic (exact) mass is 508 g/mol. The normalized spacial score (nSPS) is 15.6. The highest BCUT2D eigenvalue weighted by atomic mass is 16.5. The van der Waals surface area contributed by atoms with Gasteiger partial charge in [-0.15, -0.1) is 0 Å². The van der Waals surface area contributed by atoms with Gasteiger partial charge in [-0.1, -0.05) is 66.8 Å². The Kier molecular flexibility index (Phi) is 8.36. The Balaban J connectivity index is 1.24. The molecule has 0 radical (unpaired) electrons. The van der Waals surface area contributed by atoms with Crippen LogP contribution in [0.4, 0.5) is 23.3 Å². The van der Waals surface area contributed by atoms with Crippen LogP contribution in [0.5, 0.6) is 5.75 Å². The van der Waals surface area contributed by atoms with Gasteiger partial charge in [0.1, 0.15) is 24.0 Å². The minimum atomic E-state index is 0.566. The predicted octanol–water partition coefficient (Wildman–Crippen LogP) is 5.43. The molecule has 2 aliphatic rings. The Morgan fingerprint density at radius 1 is 0.895 bits per heavy atom. The minimum absolute atomic E-state index is 0.566. The molecule has 1 aliphatic heterocycles. The van der Waals surface area contributed by atoms with Gasteiger partial charge in [-0.2, -0.15) is 9.97 Å². The summed E-state index contributed by atoms with van der Waals surface area (Å²) >= 11 is 0. The van der Waals surface area contributed by atoms with Crippen molar-refractivity contribution in [2.75, 3.05) is 62.0 Å². The van der Waals surface area contributed by atoms with Crippen molar-refractivity contribution in [1.29, 1.82) is 0 Å². The average molecular weight is 509 g/mol. The van der Waals surface area contributed by atoms with E-state index in [4.69, 9.17) is 14.7 Å². The molecule has 3 aromatic rings. The fourth-order valence-electron chi connectivity index (χ4n) is 4.52. The van der Waals surface area contributed by atoms with E-state index in [1.165, 1.54) is 11.1 Å². The average Bonchev–Trinajstić information content (AvgIpc) is 3.22. The number of allylic oxidation sites excluding steroid dienone is 5. The van der Waals surface area contributed by atoms with Gasteiger partial charge in [0, 0.05) is 64.6 Å². The van der Waals surface area contributed by atoms with Crippen LogP contribution < -0.4 is 19.9 Å². The molecule has 7 heteroatoms. The van der Waals surface area contributed by atoms with Crippen molar-refractivity contribution in [2.45, 2.75) is 13.0 Å². The third kappa shape index (κ3) is 7.01. The van der Waals surface area contributed by atoms with Gasteiger partial charge in [0.2, 0.25) is 5.95 Å². The van der Waals surface area contributed by atoms with E-state index in [0.29, 0.717) is 6.61 Å². The van der Waals surface area contributed by atoms with Crippen LogP contribution in [-0.2, 0) is 6.54 Å². The predicted molar refractivity (Wildman–Crippen MR) is 156 cm³/mol. The maximum Gasteiger partial charge on any atom is 0.229 e. The van der Waals surface area contributed by atoms with Crippen LogP contribution in [0.1, 0.15) is 12.0 Å². The van der Waals surface area contributed by atoms with Crippen molar-refractivity contribution in [3.63, 3.8) is 0 Å². The molecule has 1 saturated heterocycles. The Bertz CT molecular complexity index is 1290. The third-order valence-corrected chi connectivity index (χ3v) is 6.66. The van der Waals surface area contributed by atoms with Gasteiger partial charge in [-0.25, -0.2) is 0 Å². The summed E-state index contributed by atoms with van der Waals surface area (Å²) < 4.78 is 6.08. The largest absolute Gasteiger partial charge is 0.489 e. The topological polar surface area (TPSA) is 56.8 Å². The molecule has 0 amide bonds. The quantitative estimate of drug-likeness (QED) is 0.414. The molecule has 0 unspecified atom stereocenters. The van der Waals surface area contributed by atoms with E-state index in [-0.39, 0.29) is 0 Å².